The van der Waals surface area contributed by atoms with Crippen molar-refractivity contribution in [3.63, 3.8) is 0 Å². The van der Waals surface area contributed by atoms with E-state index in [4.69, 9.17) is 16.0 Å². The lowest BCUT2D eigenvalue weighted by Gasteiger charge is -2.05. The Kier molecular flexibility index (Phi) is 3.61. The first-order chi connectivity index (χ1) is 8.19. The van der Waals surface area contributed by atoms with Gasteiger partial charge in [-0.05, 0) is 37.7 Å². The Balaban J connectivity index is 2.13. The molecule has 0 aliphatic carbocycles. The topological polar surface area (TPSA) is 63.0 Å². The summed E-state index contributed by atoms with van der Waals surface area (Å²) in [6, 6.07) is 5.93. The molecular formula is C11H13ClN4O. The molecule has 6 heteroatoms. The van der Waals surface area contributed by atoms with Gasteiger partial charge in [-0.2, -0.15) is 0 Å². The Morgan fingerprint density at radius 1 is 1.35 bits per heavy atom. The highest BCUT2D eigenvalue weighted by molar-refractivity contribution is 6.30. The first kappa shape index (κ1) is 11.9. The second-order valence-electron chi connectivity index (χ2n) is 3.62. The van der Waals surface area contributed by atoms with Crippen LogP contribution in [0.25, 0.3) is 0 Å². The fourth-order valence-electron chi connectivity index (χ4n) is 1.41. The zero-order valence-corrected chi connectivity index (χ0v) is 10.4. The number of nitrogens with zero attached hydrogens (tertiary/aromatic N) is 2. The van der Waals surface area contributed by atoms with Crippen LogP contribution in [0.1, 0.15) is 11.5 Å². The molecule has 0 saturated heterocycles. The molecule has 0 aliphatic heterocycles. The summed E-state index contributed by atoms with van der Waals surface area (Å²) in [6.45, 7) is 2.51. The highest BCUT2D eigenvalue weighted by Gasteiger charge is 2.06. The monoisotopic (exact) mass is 252 g/mol. The molecule has 1 aromatic carbocycles. The Morgan fingerprint density at radius 3 is 2.88 bits per heavy atom. The largest absolute Gasteiger partial charge is 0.406 e. The lowest BCUT2D eigenvalue weighted by Crippen LogP contribution is -2.04. The SMILES string of the molecule is CNCc1nnc(Nc2ccc(Cl)cc2C)o1. The van der Waals surface area contributed by atoms with E-state index in [2.05, 4.69) is 20.8 Å². The summed E-state index contributed by atoms with van der Waals surface area (Å²) in [6.07, 6.45) is 0. The van der Waals surface area contributed by atoms with Crippen LogP contribution in [0.3, 0.4) is 0 Å². The Labute approximate surface area is 104 Å². The standard InChI is InChI=1S/C11H13ClN4O/c1-7-5-8(12)3-4-9(7)14-11-16-15-10(17-11)6-13-2/h3-5,13H,6H2,1-2H3,(H,14,16). The molecule has 90 valence electrons. The van der Waals surface area contributed by atoms with Gasteiger partial charge in [0.15, 0.2) is 0 Å². The molecule has 0 aliphatic rings. The van der Waals surface area contributed by atoms with Crippen LogP contribution in [-0.2, 0) is 6.54 Å². The minimum absolute atomic E-state index is 0.376. The van der Waals surface area contributed by atoms with Crippen molar-refractivity contribution in [3.05, 3.63) is 34.7 Å². The van der Waals surface area contributed by atoms with Crippen molar-refractivity contribution < 1.29 is 4.42 Å². The summed E-state index contributed by atoms with van der Waals surface area (Å²) in [7, 11) is 1.82. The minimum Gasteiger partial charge on any atom is -0.406 e. The van der Waals surface area contributed by atoms with E-state index >= 15 is 0 Å². The number of nitrogens with one attached hydrogen (secondary N) is 2. The van der Waals surface area contributed by atoms with E-state index in [0.29, 0.717) is 23.5 Å². The van der Waals surface area contributed by atoms with Gasteiger partial charge in [0.2, 0.25) is 5.89 Å². The molecule has 2 N–H and O–H groups in total. The van der Waals surface area contributed by atoms with Crippen LogP contribution in [0.4, 0.5) is 11.7 Å². The van der Waals surface area contributed by atoms with Gasteiger partial charge in [0.05, 0.1) is 6.54 Å². The highest BCUT2D eigenvalue weighted by Crippen LogP contribution is 2.22. The van der Waals surface area contributed by atoms with Crippen LogP contribution in [0.15, 0.2) is 22.6 Å². The van der Waals surface area contributed by atoms with E-state index < -0.39 is 0 Å². The number of rotatable bonds is 4. The number of hydrogen-bond acceptors (Lipinski definition) is 5. The van der Waals surface area contributed by atoms with Crippen molar-refractivity contribution in [3.8, 4) is 0 Å². The van der Waals surface area contributed by atoms with Crippen molar-refractivity contribution in [1.82, 2.24) is 15.5 Å². The van der Waals surface area contributed by atoms with Crippen LogP contribution >= 0.6 is 11.6 Å². The number of benzene rings is 1. The summed E-state index contributed by atoms with van der Waals surface area (Å²) in [5.74, 6) is 0.543. The molecule has 1 aromatic heterocycles. The molecule has 0 radical (unpaired) electrons. The van der Waals surface area contributed by atoms with Crippen LogP contribution in [0, 0.1) is 6.92 Å². The van der Waals surface area contributed by atoms with Gasteiger partial charge in [0.25, 0.3) is 0 Å². The van der Waals surface area contributed by atoms with E-state index in [-0.39, 0.29) is 0 Å². The second kappa shape index (κ2) is 5.16. The van der Waals surface area contributed by atoms with E-state index in [1.165, 1.54) is 0 Å². The van der Waals surface area contributed by atoms with Crippen LogP contribution < -0.4 is 10.6 Å². The third kappa shape index (κ3) is 2.95. The van der Waals surface area contributed by atoms with Crippen molar-refractivity contribution in [2.24, 2.45) is 0 Å². The summed E-state index contributed by atoms with van der Waals surface area (Å²) < 4.78 is 5.38. The van der Waals surface area contributed by atoms with Gasteiger partial charge in [0, 0.05) is 10.7 Å². The lowest BCUT2D eigenvalue weighted by molar-refractivity contribution is 0.493. The van der Waals surface area contributed by atoms with Crippen molar-refractivity contribution in [2.75, 3.05) is 12.4 Å². The Morgan fingerprint density at radius 2 is 2.18 bits per heavy atom. The third-order valence-corrected chi connectivity index (χ3v) is 2.46. The van der Waals surface area contributed by atoms with Crippen molar-refractivity contribution in [1.29, 1.82) is 0 Å². The van der Waals surface area contributed by atoms with Gasteiger partial charge in [-0.15, -0.1) is 5.10 Å². The maximum atomic E-state index is 5.88. The van der Waals surface area contributed by atoms with E-state index in [0.717, 1.165) is 11.3 Å². The number of hydrogen-bond donors (Lipinski definition) is 2. The van der Waals surface area contributed by atoms with Gasteiger partial charge in [-0.3, -0.25) is 0 Å². The molecule has 0 bridgehead atoms. The van der Waals surface area contributed by atoms with Crippen LogP contribution in [0.2, 0.25) is 5.02 Å². The fourth-order valence-corrected chi connectivity index (χ4v) is 1.64. The summed E-state index contributed by atoms with van der Waals surface area (Å²) >= 11 is 5.88. The molecule has 0 atom stereocenters. The summed E-state index contributed by atoms with van der Waals surface area (Å²) in [4.78, 5) is 0. The predicted octanol–water partition coefficient (Wildman–Crippen LogP) is 2.49. The van der Waals surface area contributed by atoms with Crippen LogP contribution in [0.5, 0.6) is 0 Å². The smallest absolute Gasteiger partial charge is 0.320 e. The molecule has 1 heterocycles. The summed E-state index contributed by atoms with van der Waals surface area (Å²) in [5, 5.41) is 14.5. The normalized spacial score (nSPS) is 10.5. The van der Waals surface area contributed by atoms with Gasteiger partial charge in [0.1, 0.15) is 0 Å². The fraction of sp³-hybridized carbons (Fsp3) is 0.273. The molecule has 17 heavy (non-hydrogen) atoms. The van der Waals surface area contributed by atoms with Crippen LogP contribution in [-0.4, -0.2) is 17.2 Å². The molecule has 0 saturated carbocycles. The van der Waals surface area contributed by atoms with Gasteiger partial charge >= 0.3 is 6.01 Å². The number of aryl methyl sites for hydroxylation is 1. The zero-order chi connectivity index (χ0) is 12.3. The maximum absolute atomic E-state index is 5.88. The highest BCUT2D eigenvalue weighted by atomic mass is 35.5. The molecule has 0 unspecified atom stereocenters. The molecule has 2 aromatic rings. The van der Waals surface area contributed by atoms with E-state index in [9.17, 15) is 0 Å². The van der Waals surface area contributed by atoms with E-state index in [1.807, 2.05) is 32.2 Å². The van der Waals surface area contributed by atoms with Crippen molar-refractivity contribution in [2.45, 2.75) is 13.5 Å². The molecule has 5 nitrogen and oxygen atoms in total. The first-order valence-electron chi connectivity index (χ1n) is 5.19. The zero-order valence-electron chi connectivity index (χ0n) is 9.62. The van der Waals surface area contributed by atoms with Gasteiger partial charge < -0.3 is 15.1 Å². The third-order valence-electron chi connectivity index (χ3n) is 2.22. The molecule has 0 fully saturated rings. The average Bonchev–Trinajstić information content (AvgIpc) is 2.71. The Bertz CT molecular complexity index is 512. The predicted molar refractivity (Wildman–Crippen MR) is 66.5 cm³/mol. The average molecular weight is 253 g/mol. The first-order valence-corrected chi connectivity index (χ1v) is 5.57. The lowest BCUT2D eigenvalue weighted by atomic mass is 10.2. The molecular weight excluding hydrogens is 240 g/mol. The number of anilines is 2. The minimum atomic E-state index is 0.376. The van der Waals surface area contributed by atoms with Gasteiger partial charge in [-0.25, -0.2) is 0 Å². The number of halogens is 1. The van der Waals surface area contributed by atoms with Crippen molar-refractivity contribution >= 4 is 23.3 Å². The maximum Gasteiger partial charge on any atom is 0.320 e. The second-order valence-corrected chi connectivity index (χ2v) is 4.05. The van der Waals surface area contributed by atoms with Gasteiger partial charge in [-0.1, -0.05) is 16.7 Å². The molecule has 0 amide bonds. The Hall–Kier alpha value is -1.59. The number of aromatic nitrogens is 2. The van der Waals surface area contributed by atoms with E-state index in [1.54, 1.807) is 0 Å². The molecule has 0 spiro atoms. The molecule has 2 rings (SSSR count). The quantitative estimate of drug-likeness (QED) is 0.875. The summed E-state index contributed by atoms with van der Waals surface area (Å²) in [5.41, 5.74) is 1.92.